The van der Waals surface area contributed by atoms with Crippen molar-refractivity contribution in [2.75, 3.05) is 61.5 Å². The largest absolute Gasteiger partial charge is 0.491 e. The molecule has 248 valence electrons. The predicted octanol–water partition coefficient (Wildman–Crippen LogP) is 6.17. The van der Waals surface area contributed by atoms with Gasteiger partial charge in [-0.2, -0.15) is 0 Å². The molecule has 5 aromatic rings. The zero-order chi connectivity index (χ0) is 33.2. The predicted molar refractivity (Wildman–Crippen MR) is 188 cm³/mol. The van der Waals surface area contributed by atoms with Gasteiger partial charge in [-0.15, -0.1) is 11.3 Å². The van der Waals surface area contributed by atoms with E-state index in [0.29, 0.717) is 53.1 Å². The number of likely N-dealkylation sites (N-methyl/N-ethyl adjacent to an activating group) is 1. The number of halogens is 1. The highest BCUT2D eigenvalue weighted by molar-refractivity contribution is 7.22. The first-order chi connectivity index (χ1) is 23.3. The molecule has 0 aliphatic carbocycles. The van der Waals surface area contributed by atoms with E-state index >= 15 is 0 Å². The van der Waals surface area contributed by atoms with Crippen LogP contribution in [0.5, 0.6) is 5.75 Å². The number of aromatic carboxylic acids is 1. The SMILES string of the molecule is CN1CCN(c2ccc(OCCCc3sc(N4CCc5cccc(C(=O)Nc6nc7ccccc7s6)c5C4)nc3C(=O)O)c(F)c2)CC1. The number of ether oxygens (including phenoxy) is 1. The number of benzene rings is 3. The third-order valence-corrected chi connectivity index (χ3v) is 10.9. The summed E-state index contributed by atoms with van der Waals surface area (Å²) in [6, 6.07) is 18.5. The summed E-state index contributed by atoms with van der Waals surface area (Å²) < 4.78 is 21.6. The number of nitrogens with one attached hydrogen (secondary N) is 1. The van der Waals surface area contributed by atoms with Gasteiger partial charge >= 0.3 is 5.97 Å². The third kappa shape index (κ3) is 6.84. The molecule has 0 saturated carbocycles. The standard InChI is InChI=1S/C35H35FN6O4S2/c1-40-15-17-41(18-16-40)23-11-12-28(26(36)20-23)46-19-5-10-30-31(33(44)45)38-35(48-30)42-14-13-22-6-4-7-24(25(22)21-42)32(43)39-34-37-27-8-2-3-9-29(27)47-34/h2-4,6-9,11-12,20H,5,10,13-19,21H2,1H3,(H,44,45)(H,37,39,43). The topological polar surface area (TPSA) is 111 Å². The molecule has 2 aliphatic rings. The summed E-state index contributed by atoms with van der Waals surface area (Å²) >= 11 is 2.77. The lowest BCUT2D eigenvalue weighted by Crippen LogP contribution is -2.44. The lowest BCUT2D eigenvalue weighted by Gasteiger charge is -2.34. The van der Waals surface area contributed by atoms with Gasteiger partial charge in [0, 0.05) is 61.5 Å². The summed E-state index contributed by atoms with van der Waals surface area (Å²) in [6.45, 7) is 4.89. The van der Waals surface area contributed by atoms with Crippen molar-refractivity contribution in [2.24, 2.45) is 0 Å². The molecule has 0 spiro atoms. The van der Waals surface area contributed by atoms with Gasteiger partial charge in [0.25, 0.3) is 5.91 Å². The normalized spacial score (nSPS) is 15.0. The number of hydrogen-bond donors (Lipinski definition) is 2. The Labute approximate surface area is 285 Å². The van der Waals surface area contributed by atoms with Gasteiger partial charge in [-0.3, -0.25) is 10.1 Å². The maximum absolute atomic E-state index is 14.9. The van der Waals surface area contributed by atoms with Crippen molar-refractivity contribution in [3.63, 3.8) is 0 Å². The van der Waals surface area contributed by atoms with Crippen molar-refractivity contribution in [3.8, 4) is 5.75 Å². The fraction of sp³-hybridized carbons (Fsp3) is 0.314. The quantitative estimate of drug-likeness (QED) is 0.167. The van der Waals surface area contributed by atoms with Crippen LogP contribution in [-0.2, 0) is 19.4 Å². The molecule has 0 bridgehead atoms. The van der Waals surface area contributed by atoms with Crippen LogP contribution in [0.4, 0.5) is 20.3 Å². The number of carbonyl (C=O) groups excluding carboxylic acids is 1. The van der Waals surface area contributed by atoms with Crippen LogP contribution >= 0.6 is 22.7 Å². The Morgan fingerprint density at radius 3 is 2.60 bits per heavy atom. The summed E-state index contributed by atoms with van der Waals surface area (Å²) in [6.07, 6.45) is 1.63. The maximum atomic E-state index is 14.9. The van der Waals surface area contributed by atoms with Gasteiger partial charge < -0.3 is 24.5 Å². The number of carboxylic acids is 1. The number of amides is 1. The Kier molecular flexibility index (Phi) is 9.24. The molecule has 1 amide bonds. The van der Waals surface area contributed by atoms with Gasteiger partial charge in [0.05, 0.1) is 16.8 Å². The van der Waals surface area contributed by atoms with Crippen molar-refractivity contribution in [1.82, 2.24) is 14.9 Å². The molecule has 1 fully saturated rings. The number of aromatic nitrogens is 2. The van der Waals surface area contributed by atoms with E-state index in [-0.39, 0.29) is 24.0 Å². The monoisotopic (exact) mass is 686 g/mol. The van der Waals surface area contributed by atoms with Crippen LogP contribution in [0, 0.1) is 5.82 Å². The first-order valence-electron chi connectivity index (χ1n) is 15.9. The van der Waals surface area contributed by atoms with Crippen LogP contribution in [0.25, 0.3) is 10.2 Å². The van der Waals surface area contributed by atoms with Gasteiger partial charge in [-0.1, -0.05) is 35.6 Å². The number of hydrogen-bond acceptors (Lipinski definition) is 10. The number of fused-ring (bicyclic) bond motifs is 2. The first kappa shape index (κ1) is 32.0. The zero-order valence-electron chi connectivity index (χ0n) is 26.4. The van der Waals surface area contributed by atoms with Gasteiger partial charge in [-0.25, -0.2) is 19.2 Å². The average Bonchev–Trinajstić information content (AvgIpc) is 3.71. The first-order valence-corrected chi connectivity index (χ1v) is 17.6. The molecule has 48 heavy (non-hydrogen) atoms. The van der Waals surface area contributed by atoms with E-state index in [2.05, 4.69) is 32.1 Å². The Morgan fingerprint density at radius 1 is 0.979 bits per heavy atom. The number of aryl methyl sites for hydroxylation is 1. The number of anilines is 3. The number of carboxylic acid groups (broad SMARTS) is 1. The summed E-state index contributed by atoms with van der Waals surface area (Å²) in [5.74, 6) is -1.54. The van der Waals surface area contributed by atoms with E-state index in [1.165, 1.54) is 28.7 Å². The zero-order valence-corrected chi connectivity index (χ0v) is 28.1. The van der Waals surface area contributed by atoms with E-state index in [4.69, 9.17) is 4.74 Å². The highest BCUT2D eigenvalue weighted by Crippen LogP contribution is 2.34. The van der Waals surface area contributed by atoms with Crippen molar-refractivity contribution in [3.05, 3.63) is 93.7 Å². The minimum Gasteiger partial charge on any atom is -0.491 e. The molecule has 0 unspecified atom stereocenters. The molecule has 4 heterocycles. The van der Waals surface area contributed by atoms with Crippen molar-refractivity contribution < 1.29 is 23.8 Å². The minimum absolute atomic E-state index is 0.0189. The summed E-state index contributed by atoms with van der Waals surface area (Å²) in [7, 11) is 2.08. The van der Waals surface area contributed by atoms with Gasteiger partial charge in [0.15, 0.2) is 27.5 Å². The maximum Gasteiger partial charge on any atom is 0.355 e. The van der Waals surface area contributed by atoms with Crippen LogP contribution < -0.4 is 19.9 Å². The second-order valence-electron chi connectivity index (χ2n) is 12.0. The van der Waals surface area contributed by atoms with Crippen LogP contribution in [0.3, 0.4) is 0 Å². The lowest BCUT2D eigenvalue weighted by atomic mass is 9.94. The van der Waals surface area contributed by atoms with Crippen molar-refractivity contribution in [2.45, 2.75) is 25.8 Å². The molecule has 1 saturated heterocycles. The molecule has 2 aliphatic heterocycles. The van der Waals surface area contributed by atoms with Crippen LogP contribution in [0.1, 0.15) is 43.3 Å². The molecule has 0 atom stereocenters. The van der Waals surface area contributed by atoms with Crippen LogP contribution in [0.2, 0.25) is 0 Å². The number of carbonyl (C=O) groups is 2. The number of para-hydroxylation sites is 1. The number of piperazine rings is 1. The Balaban J connectivity index is 0.995. The highest BCUT2D eigenvalue weighted by atomic mass is 32.1. The molecule has 0 radical (unpaired) electrons. The van der Waals surface area contributed by atoms with Crippen LogP contribution in [-0.4, -0.2) is 78.2 Å². The molecule has 2 aromatic heterocycles. The summed E-state index contributed by atoms with van der Waals surface area (Å²) in [5, 5.41) is 14.0. The molecule has 13 heteroatoms. The van der Waals surface area contributed by atoms with E-state index in [0.717, 1.165) is 53.2 Å². The molecular formula is C35H35FN6O4S2. The van der Waals surface area contributed by atoms with Crippen molar-refractivity contribution in [1.29, 1.82) is 0 Å². The number of rotatable bonds is 10. The van der Waals surface area contributed by atoms with E-state index in [1.807, 2.05) is 53.4 Å². The lowest BCUT2D eigenvalue weighted by molar-refractivity contribution is 0.0690. The molecule has 10 nitrogen and oxygen atoms in total. The van der Waals surface area contributed by atoms with Crippen molar-refractivity contribution >= 4 is 60.7 Å². The van der Waals surface area contributed by atoms with Gasteiger partial charge in [0.2, 0.25) is 0 Å². The van der Waals surface area contributed by atoms with E-state index in [9.17, 15) is 19.1 Å². The number of thiazole rings is 2. The van der Waals surface area contributed by atoms with Gasteiger partial charge in [0.1, 0.15) is 0 Å². The highest BCUT2D eigenvalue weighted by Gasteiger charge is 2.27. The van der Waals surface area contributed by atoms with E-state index in [1.54, 1.807) is 6.07 Å². The Morgan fingerprint density at radius 2 is 1.81 bits per heavy atom. The smallest absolute Gasteiger partial charge is 0.355 e. The second kappa shape index (κ2) is 13.9. The number of nitrogens with zero attached hydrogens (tertiary/aromatic N) is 5. The van der Waals surface area contributed by atoms with E-state index < -0.39 is 11.8 Å². The summed E-state index contributed by atoms with van der Waals surface area (Å²) in [5.41, 5.74) is 4.24. The fourth-order valence-electron chi connectivity index (χ4n) is 6.14. The summed E-state index contributed by atoms with van der Waals surface area (Å²) in [4.78, 5) is 41.7. The van der Waals surface area contributed by atoms with Gasteiger partial charge in [-0.05, 0) is 67.8 Å². The molecule has 7 rings (SSSR count). The molecular weight excluding hydrogens is 652 g/mol. The molecule has 3 aromatic carbocycles. The fourth-order valence-corrected chi connectivity index (χ4v) is 8.12. The van der Waals surface area contributed by atoms with Crippen LogP contribution in [0.15, 0.2) is 60.7 Å². The molecule has 2 N–H and O–H groups in total. The third-order valence-electron chi connectivity index (χ3n) is 8.78. The second-order valence-corrected chi connectivity index (χ2v) is 14.1. The minimum atomic E-state index is -1.09. The average molecular weight is 687 g/mol. The Bertz CT molecular complexity index is 1940. The Hall–Kier alpha value is -4.59.